The molecule has 1 atom stereocenters. The monoisotopic (exact) mass is 327 g/mol. The van der Waals surface area contributed by atoms with Crippen LogP contribution in [-0.2, 0) is 4.79 Å². The van der Waals surface area contributed by atoms with E-state index >= 15 is 0 Å². The van der Waals surface area contributed by atoms with E-state index in [0.29, 0.717) is 5.75 Å². The molecule has 128 valence electrons. The summed E-state index contributed by atoms with van der Waals surface area (Å²) in [6.07, 6.45) is 0.808. The van der Waals surface area contributed by atoms with Crippen LogP contribution in [0.25, 0.3) is 0 Å². The highest BCUT2D eigenvalue weighted by atomic mass is 16.5. The lowest BCUT2D eigenvalue weighted by molar-refractivity contribution is -0.123. The number of aryl methyl sites for hydroxylation is 2. The van der Waals surface area contributed by atoms with E-state index in [0.717, 1.165) is 28.9 Å². The van der Waals surface area contributed by atoms with Crippen LogP contribution in [0.3, 0.4) is 0 Å². The first kappa shape index (κ1) is 17.9. The second kappa shape index (κ2) is 8.39. The average Bonchev–Trinajstić information content (AvgIpc) is 2.59. The number of benzene rings is 2. The first-order valence-corrected chi connectivity index (χ1v) is 8.16. The van der Waals surface area contributed by atoms with Gasteiger partial charge in [-0.15, -0.1) is 0 Å². The smallest absolute Gasteiger partial charge is 0.258 e. The molecular weight excluding hydrogens is 302 g/mol. The molecule has 2 aromatic rings. The molecular formula is C20H25NO3. The van der Waals surface area contributed by atoms with Crippen LogP contribution in [0.15, 0.2) is 42.5 Å². The summed E-state index contributed by atoms with van der Waals surface area (Å²) < 4.78 is 10.8. The topological polar surface area (TPSA) is 47.6 Å². The molecule has 0 radical (unpaired) electrons. The Morgan fingerprint density at radius 2 is 1.83 bits per heavy atom. The van der Waals surface area contributed by atoms with Crippen LogP contribution in [0.5, 0.6) is 11.5 Å². The molecule has 0 aliphatic heterocycles. The summed E-state index contributed by atoms with van der Waals surface area (Å²) in [5.41, 5.74) is 3.28. The van der Waals surface area contributed by atoms with Crippen molar-refractivity contribution in [3.8, 4) is 11.5 Å². The second-order valence-electron chi connectivity index (χ2n) is 5.86. The van der Waals surface area contributed by atoms with Crippen molar-refractivity contribution >= 4 is 5.91 Å². The van der Waals surface area contributed by atoms with E-state index in [1.54, 1.807) is 7.11 Å². The molecule has 0 heterocycles. The first-order chi connectivity index (χ1) is 11.5. The van der Waals surface area contributed by atoms with Gasteiger partial charge >= 0.3 is 0 Å². The number of ether oxygens (including phenoxy) is 2. The number of hydrogen-bond donors (Lipinski definition) is 1. The van der Waals surface area contributed by atoms with E-state index in [4.69, 9.17) is 9.47 Å². The van der Waals surface area contributed by atoms with Crippen molar-refractivity contribution in [3.05, 3.63) is 59.2 Å². The number of hydrogen-bond acceptors (Lipinski definition) is 3. The van der Waals surface area contributed by atoms with Crippen molar-refractivity contribution in [3.63, 3.8) is 0 Å². The Bertz CT molecular complexity index is 680. The number of nitrogens with one attached hydrogen (secondary N) is 1. The molecule has 0 spiro atoms. The van der Waals surface area contributed by atoms with E-state index < -0.39 is 0 Å². The lowest BCUT2D eigenvalue weighted by atomic mass is 10.0. The highest BCUT2D eigenvalue weighted by Gasteiger charge is 2.14. The maximum atomic E-state index is 12.2. The number of carbonyl (C=O) groups excluding carboxylic acids is 1. The zero-order valence-corrected chi connectivity index (χ0v) is 14.8. The maximum Gasteiger partial charge on any atom is 0.258 e. The summed E-state index contributed by atoms with van der Waals surface area (Å²) in [6.45, 7) is 6.07. The van der Waals surface area contributed by atoms with Crippen LogP contribution in [0.4, 0.5) is 0 Å². The van der Waals surface area contributed by atoms with Crippen LogP contribution in [0, 0.1) is 13.8 Å². The summed E-state index contributed by atoms with van der Waals surface area (Å²) in [7, 11) is 1.66. The summed E-state index contributed by atoms with van der Waals surface area (Å²) in [5.74, 6) is 1.42. The van der Waals surface area contributed by atoms with Gasteiger partial charge in [-0.2, -0.15) is 0 Å². The average molecular weight is 327 g/mol. The fourth-order valence-corrected chi connectivity index (χ4v) is 2.56. The van der Waals surface area contributed by atoms with Crippen molar-refractivity contribution in [1.29, 1.82) is 0 Å². The Labute approximate surface area is 143 Å². The molecule has 0 fully saturated rings. The minimum Gasteiger partial charge on any atom is -0.496 e. The lowest BCUT2D eigenvalue weighted by Crippen LogP contribution is -2.32. The van der Waals surface area contributed by atoms with Crippen LogP contribution < -0.4 is 14.8 Å². The number of methoxy groups -OCH3 is 1. The van der Waals surface area contributed by atoms with Gasteiger partial charge in [0, 0.05) is 0 Å². The van der Waals surface area contributed by atoms with Gasteiger partial charge in [-0.25, -0.2) is 0 Å². The van der Waals surface area contributed by atoms with E-state index in [1.807, 2.05) is 63.2 Å². The SMILES string of the molecule is CC[C@H](NC(=O)COc1ccc(C)cc1)c1ccc(OC)c(C)c1. The molecule has 0 aliphatic rings. The Morgan fingerprint density at radius 1 is 1.12 bits per heavy atom. The standard InChI is InChI=1S/C20H25NO3/c1-5-18(16-8-11-19(23-4)15(3)12-16)21-20(22)13-24-17-9-6-14(2)7-10-17/h6-12,18H,5,13H2,1-4H3,(H,21,22)/t18-/m0/s1. The fraction of sp³-hybridized carbons (Fsp3) is 0.350. The zero-order chi connectivity index (χ0) is 17.5. The predicted molar refractivity (Wildman–Crippen MR) is 95.6 cm³/mol. The molecule has 2 rings (SSSR count). The minimum absolute atomic E-state index is 0.00863. The van der Waals surface area contributed by atoms with Crippen LogP contribution in [0.2, 0.25) is 0 Å². The van der Waals surface area contributed by atoms with Crippen molar-refractivity contribution in [2.45, 2.75) is 33.2 Å². The van der Waals surface area contributed by atoms with Crippen molar-refractivity contribution in [2.24, 2.45) is 0 Å². The molecule has 1 amide bonds. The third kappa shape index (κ3) is 4.75. The van der Waals surface area contributed by atoms with E-state index in [9.17, 15) is 4.79 Å². The van der Waals surface area contributed by atoms with Crippen LogP contribution >= 0.6 is 0 Å². The summed E-state index contributed by atoms with van der Waals surface area (Å²) in [6, 6.07) is 13.6. The van der Waals surface area contributed by atoms with Gasteiger partial charge in [0.2, 0.25) is 0 Å². The summed E-state index contributed by atoms with van der Waals surface area (Å²) in [5, 5.41) is 3.02. The van der Waals surface area contributed by atoms with Crippen LogP contribution in [-0.4, -0.2) is 19.6 Å². The Kier molecular flexibility index (Phi) is 6.24. The van der Waals surface area contributed by atoms with Gasteiger partial charge in [0.05, 0.1) is 13.2 Å². The van der Waals surface area contributed by atoms with Gasteiger partial charge in [0.25, 0.3) is 5.91 Å². The van der Waals surface area contributed by atoms with E-state index in [1.165, 1.54) is 0 Å². The summed E-state index contributed by atoms with van der Waals surface area (Å²) >= 11 is 0. The number of carbonyl (C=O) groups is 1. The molecule has 1 N–H and O–H groups in total. The van der Waals surface area contributed by atoms with Gasteiger partial charge in [0.15, 0.2) is 6.61 Å². The second-order valence-corrected chi connectivity index (χ2v) is 5.86. The molecule has 0 saturated carbocycles. The molecule has 0 aliphatic carbocycles. The molecule has 4 heteroatoms. The number of amides is 1. The normalized spacial score (nSPS) is 11.7. The highest BCUT2D eigenvalue weighted by molar-refractivity contribution is 5.78. The molecule has 0 saturated heterocycles. The third-order valence-corrected chi connectivity index (χ3v) is 3.96. The summed E-state index contributed by atoms with van der Waals surface area (Å²) in [4.78, 5) is 12.2. The van der Waals surface area contributed by atoms with E-state index in [2.05, 4.69) is 5.32 Å². The maximum absolute atomic E-state index is 12.2. The minimum atomic E-state index is -0.129. The van der Waals surface area contributed by atoms with Gasteiger partial charge < -0.3 is 14.8 Å². The quantitative estimate of drug-likeness (QED) is 0.837. The van der Waals surface area contributed by atoms with Gasteiger partial charge in [-0.1, -0.05) is 36.8 Å². The van der Waals surface area contributed by atoms with Gasteiger partial charge in [-0.3, -0.25) is 4.79 Å². The third-order valence-electron chi connectivity index (χ3n) is 3.96. The fourth-order valence-electron chi connectivity index (χ4n) is 2.56. The first-order valence-electron chi connectivity index (χ1n) is 8.16. The van der Waals surface area contributed by atoms with E-state index in [-0.39, 0.29) is 18.6 Å². The highest BCUT2D eigenvalue weighted by Crippen LogP contribution is 2.24. The van der Waals surface area contributed by atoms with Crippen molar-refractivity contribution < 1.29 is 14.3 Å². The van der Waals surface area contributed by atoms with Gasteiger partial charge in [-0.05, 0) is 49.6 Å². The molecule has 4 nitrogen and oxygen atoms in total. The largest absolute Gasteiger partial charge is 0.496 e. The predicted octanol–water partition coefficient (Wildman–Crippen LogP) is 3.96. The van der Waals surface area contributed by atoms with Crippen molar-refractivity contribution in [2.75, 3.05) is 13.7 Å². The van der Waals surface area contributed by atoms with Crippen molar-refractivity contribution in [1.82, 2.24) is 5.32 Å². The molecule has 24 heavy (non-hydrogen) atoms. The molecule has 0 bridgehead atoms. The van der Waals surface area contributed by atoms with Crippen LogP contribution in [0.1, 0.15) is 36.1 Å². The lowest BCUT2D eigenvalue weighted by Gasteiger charge is -2.19. The molecule has 0 aromatic heterocycles. The Hall–Kier alpha value is -2.49. The molecule has 0 unspecified atom stereocenters. The Balaban J connectivity index is 1.95. The molecule has 2 aromatic carbocycles. The Morgan fingerprint density at radius 3 is 2.42 bits per heavy atom. The zero-order valence-electron chi connectivity index (χ0n) is 14.8. The number of rotatable bonds is 7. The van der Waals surface area contributed by atoms with Gasteiger partial charge in [0.1, 0.15) is 11.5 Å².